The van der Waals surface area contributed by atoms with E-state index < -0.39 is 4.92 Å². The number of hydrogen-bond acceptors (Lipinski definition) is 6. The molecule has 1 atom stereocenters. The van der Waals surface area contributed by atoms with Gasteiger partial charge in [0.1, 0.15) is 18.9 Å². The molecule has 0 bridgehead atoms. The van der Waals surface area contributed by atoms with Crippen LogP contribution in [0.4, 0.5) is 5.82 Å². The molecule has 1 aliphatic rings. The normalized spacial score (nSPS) is 15.9. The second kappa shape index (κ2) is 6.93. The molecule has 0 N–H and O–H groups in total. The van der Waals surface area contributed by atoms with E-state index in [1.807, 2.05) is 30.3 Å². The van der Waals surface area contributed by atoms with Crippen LogP contribution in [-0.4, -0.2) is 32.2 Å². The van der Waals surface area contributed by atoms with Gasteiger partial charge in [-0.3, -0.25) is 9.55 Å². The second-order valence-corrected chi connectivity index (χ2v) is 5.97. The Morgan fingerprint density at radius 3 is 2.92 bits per heavy atom. The quantitative estimate of drug-likeness (QED) is 0.518. The fraction of sp³-hybridized carbons (Fsp3) is 0.222. The van der Waals surface area contributed by atoms with Gasteiger partial charge in [0.05, 0.1) is 13.2 Å². The lowest BCUT2D eigenvalue weighted by molar-refractivity contribution is -0.389. The molecule has 3 aromatic rings. The first-order chi connectivity index (χ1) is 12.7. The van der Waals surface area contributed by atoms with Crippen LogP contribution in [0.15, 0.2) is 55.0 Å². The van der Waals surface area contributed by atoms with E-state index >= 15 is 0 Å². The number of pyridine rings is 1. The van der Waals surface area contributed by atoms with Gasteiger partial charge in [0, 0.05) is 17.4 Å². The monoisotopic (exact) mass is 352 g/mol. The predicted molar refractivity (Wildman–Crippen MR) is 92.6 cm³/mol. The summed E-state index contributed by atoms with van der Waals surface area (Å²) in [6.07, 6.45) is 4.70. The first-order valence-corrected chi connectivity index (χ1v) is 8.14. The molecule has 8 nitrogen and oxygen atoms in total. The molecule has 0 aliphatic carbocycles. The van der Waals surface area contributed by atoms with E-state index in [1.54, 1.807) is 17.0 Å². The fourth-order valence-corrected chi connectivity index (χ4v) is 2.86. The van der Waals surface area contributed by atoms with Crippen LogP contribution < -0.4 is 4.74 Å². The molecule has 0 amide bonds. The van der Waals surface area contributed by atoms with E-state index in [0.717, 1.165) is 16.7 Å². The summed E-state index contributed by atoms with van der Waals surface area (Å²) in [6.45, 7) is 1.22. The molecule has 0 saturated carbocycles. The Kier molecular flexibility index (Phi) is 4.32. The molecule has 1 aliphatic heterocycles. The number of ether oxygens (including phenoxy) is 2. The maximum absolute atomic E-state index is 10.8. The first-order valence-electron chi connectivity index (χ1n) is 8.14. The van der Waals surface area contributed by atoms with Crippen molar-refractivity contribution in [3.8, 4) is 17.1 Å². The van der Waals surface area contributed by atoms with E-state index in [1.165, 1.54) is 6.20 Å². The minimum absolute atomic E-state index is 0.194. The van der Waals surface area contributed by atoms with E-state index in [-0.39, 0.29) is 17.9 Å². The fourth-order valence-electron chi connectivity index (χ4n) is 2.86. The highest BCUT2D eigenvalue weighted by molar-refractivity contribution is 5.63. The van der Waals surface area contributed by atoms with Crippen molar-refractivity contribution < 1.29 is 14.4 Å². The number of imidazole rings is 1. The summed E-state index contributed by atoms with van der Waals surface area (Å²) in [7, 11) is 0. The van der Waals surface area contributed by atoms with Gasteiger partial charge < -0.3 is 19.6 Å². The molecule has 0 unspecified atom stereocenters. The number of benzene rings is 1. The van der Waals surface area contributed by atoms with Gasteiger partial charge in [-0.1, -0.05) is 18.2 Å². The Bertz CT molecular complexity index is 926. The van der Waals surface area contributed by atoms with Gasteiger partial charge in [-0.2, -0.15) is 0 Å². The lowest BCUT2D eigenvalue weighted by Crippen LogP contribution is -2.32. The van der Waals surface area contributed by atoms with Crippen molar-refractivity contribution in [2.24, 2.45) is 0 Å². The predicted octanol–water partition coefficient (Wildman–Crippen LogP) is 2.83. The molecule has 3 heterocycles. The molecule has 0 radical (unpaired) electrons. The first kappa shape index (κ1) is 16.2. The highest BCUT2D eigenvalue weighted by atomic mass is 16.6. The van der Waals surface area contributed by atoms with Crippen LogP contribution in [0.5, 0.6) is 6.01 Å². The van der Waals surface area contributed by atoms with Gasteiger partial charge in [0.2, 0.25) is 0 Å². The van der Waals surface area contributed by atoms with Crippen LogP contribution in [0.25, 0.3) is 11.1 Å². The molecule has 132 valence electrons. The zero-order valence-electron chi connectivity index (χ0n) is 13.8. The summed E-state index contributed by atoms with van der Waals surface area (Å²) in [4.78, 5) is 18.1. The van der Waals surface area contributed by atoms with E-state index in [2.05, 4.69) is 16.0 Å². The summed E-state index contributed by atoms with van der Waals surface area (Å²) < 4.78 is 13.0. The number of hydrogen-bond donors (Lipinski definition) is 0. The third kappa shape index (κ3) is 3.40. The van der Waals surface area contributed by atoms with Gasteiger partial charge in [0.25, 0.3) is 0 Å². The number of rotatable bonds is 5. The zero-order chi connectivity index (χ0) is 17.9. The van der Waals surface area contributed by atoms with Crippen LogP contribution in [-0.2, 0) is 17.9 Å². The third-order valence-corrected chi connectivity index (χ3v) is 4.14. The summed E-state index contributed by atoms with van der Waals surface area (Å²) in [5, 5.41) is 10.8. The van der Waals surface area contributed by atoms with Crippen molar-refractivity contribution in [3.05, 3.63) is 70.7 Å². The Labute approximate surface area is 149 Å². The Hall–Kier alpha value is -3.26. The van der Waals surface area contributed by atoms with E-state index in [9.17, 15) is 10.1 Å². The summed E-state index contributed by atoms with van der Waals surface area (Å²) in [5.74, 6) is -0.217. The van der Waals surface area contributed by atoms with Crippen LogP contribution in [0, 0.1) is 10.1 Å². The van der Waals surface area contributed by atoms with Gasteiger partial charge in [-0.05, 0) is 39.8 Å². The van der Waals surface area contributed by atoms with Gasteiger partial charge >= 0.3 is 11.8 Å². The average molecular weight is 352 g/mol. The van der Waals surface area contributed by atoms with Crippen molar-refractivity contribution in [2.75, 3.05) is 6.61 Å². The summed E-state index contributed by atoms with van der Waals surface area (Å²) >= 11 is 0. The number of nitrogens with zero attached hydrogens (tertiary/aromatic N) is 4. The number of fused-ring (bicyclic) bond motifs is 1. The van der Waals surface area contributed by atoms with Gasteiger partial charge in [0.15, 0.2) is 0 Å². The minimum Gasteiger partial charge on any atom is -0.443 e. The van der Waals surface area contributed by atoms with Crippen molar-refractivity contribution in [3.63, 3.8) is 0 Å². The van der Waals surface area contributed by atoms with Crippen LogP contribution in [0.3, 0.4) is 0 Å². The van der Waals surface area contributed by atoms with Crippen molar-refractivity contribution >= 4 is 5.82 Å². The molecule has 4 rings (SSSR count). The molecule has 1 aromatic carbocycles. The molecule has 8 heteroatoms. The number of aromatic nitrogens is 3. The molecule has 0 fully saturated rings. The van der Waals surface area contributed by atoms with Crippen molar-refractivity contribution in [2.45, 2.75) is 19.3 Å². The van der Waals surface area contributed by atoms with Gasteiger partial charge in [-0.15, -0.1) is 0 Å². The summed E-state index contributed by atoms with van der Waals surface area (Å²) in [6, 6.07) is 12.3. The maximum atomic E-state index is 10.8. The SMILES string of the molecule is O=[N+]([O-])c1cn2c(n1)OC[C@@H](OCc1cccc(-c3ccncc3)c1)C2. The smallest absolute Gasteiger partial charge is 0.414 e. The van der Waals surface area contributed by atoms with E-state index in [0.29, 0.717) is 19.8 Å². The molecular formula is C18H16N4O4. The van der Waals surface area contributed by atoms with Crippen molar-refractivity contribution in [1.29, 1.82) is 0 Å². The standard InChI is InChI=1S/C18H16N4O4/c23-22(24)17-10-21-9-16(12-26-18(21)20-17)25-11-13-2-1-3-15(8-13)14-4-6-19-7-5-14/h1-8,10,16H,9,11-12H2/t16-/m0/s1. The molecule has 0 saturated heterocycles. The molecule has 0 spiro atoms. The van der Waals surface area contributed by atoms with Crippen LogP contribution >= 0.6 is 0 Å². The van der Waals surface area contributed by atoms with Crippen molar-refractivity contribution in [1.82, 2.24) is 14.5 Å². The lowest BCUT2D eigenvalue weighted by atomic mass is 10.0. The summed E-state index contributed by atoms with van der Waals surface area (Å²) in [5.41, 5.74) is 3.24. The maximum Gasteiger partial charge on any atom is 0.414 e. The van der Waals surface area contributed by atoms with Crippen LogP contribution in [0.1, 0.15) is 5.56 Å². The topological polar surface area (TPSA) is 92.3 Å². The third-order valence-electron chi connectivity index (χ3n) is 4.14. The van der Waals surface area contributed by atoms with E-state index in [4.69, 9.17) is 9.47 Å². The molecular weight excluding hydrogens is 336 g/mol. The highest BCUT2D eigenvalue weighted by Crippen LogP contribution is 2.24. The molecule has 2 aromatic heterocycles. The Morgan fingerprint density at radius 2 is 2.12 bits per heavy atom. The highest BCUT2D eigenvalue weighted by Gasteiger charge is 2.28. The minimum atomic E-state index is -0.533. The number of nitro groups is 1. The largest absolute Gasteiger partial charge is 0.443 e. The van der Waals surface area contributed by atoms with Gasteiger partial charge in [-0.25, -0.2) is 0 Å². The molecule has 26 heavy (non-hydrogen) atoms. The lowest BCUT2D eigenvalue weighted by Gasteiger charge is -2.22. The Morgan fingerprint density at radius 1 is 1.27 bits per heavy atom. The van der Waals surface area contributed by atoms with Crippen LogP contribution in [0.2, 0.25) is 0 Å². The Balaban J connectivity index is 1.41. The second-order valence-electron chi connectivity index (χ2n) is 5.97. The average Bonchev–Trinajstić information content (AvgIpc) is 3.11. The zero-order valence-corrected chi connectivity index (χ0v) is 13.8.